The average Bonchev–Trinajstić information content (AvgIpc) is 2.71. The summed E-state index contributed by atoms with van der Waals surface area (Å²) in [5.41, 5.74) is 2.98. The van der Waals surface area contributed by atoms with Crippen molar-refractivity contribution < 1.29 is 9.53 Å². The number of nitrogen functional groups attached to an aromatic ring is 1. The lowest BCUT2D eigenvalue weighted by atomic mass is 10.2. The fraction of sp³-hybridized carbons (Fsp3) is 0.300. The van der Waals surface area contributed by atoms with E-state index in [1.807, 2.05) is 30.5 Å². The molecular weight excluding hydrogens is 212 g/mol. The highest BCUT2D eigenvalue weighted by molar-refractivity contribution is 7.12. The first-order valence-electron chi connectivity index (χ1n) is 4.55. The van der Waals surface area contributed by atoms with Gasteiger partial charge in [0.15, 0.2) is 0 Å². The van der Waals surface area contributed by atoms with Gasteiger partial charge in [0.05, 0.1) is 18.1 Å². The van der Waals surface area contributed by atoms with E-state index in [2.05, 4.69) is 5.43 Å². The molecule has 0 aromatic carbocycles. The van der Waals surface area contributed by atoms with Gasteiger partial charge in [-0.15, -0.1) is 11.3 Å². The van der Waals surface area contributed by atoms with E-state index in [1.54, 1.807) is 0 Å². The fourth-order valence-electron chi connectivity index (χ4n) is 1.05. The smallest absolute Gasteiger partial charge is 0.275 e. The van der Waals surface area contributed by atoms with Crippen LogP contribution in [0.5, 0.6) is 0 Å². The molecule has 0 bridgehead atoms. The molecule has 3 N–H and O–H groups in total. The molecule has 0 saturated carbocycles. The van der Waals surface area contributed by atoms with E-state index < -0.39 is 0 Å². The Bertz CT molecular complexity index is 347. The summed E-state index contributed by atoms with van der Waals surface area (Å²) in [5, 5.41) is 1.85. The van der Waals surface area contributed by atoms with Crippen molar-refractivity contribution >= 4 is 17.2 Å². The zero-order valence-electron chi connectivity index (χ0n) is 8.53. The van der Waals surface area contributed by atoms with Crippen LogP contribution in [0, 0.1) is 0 Å². The molecule has 0 saturated heterocycles. The van der Waals surface area contributed by atoms with Crippen LogP contribution in [0.4, 0.5) is 0 Å². The number of rotatable bonds is 5. The van der Waals surface area contributed by atoms with Crippen molar-refractivity contribution in [2.24, 2.45) is 5.84 Å². The van der Waals surface area contributed by atoms with Crippen LogP contribution in [0.2, 0.25) is 0 Å². The van der Waals surface area contributed by atoms with Crippen LogP contribution in [0.1, 0.15) is 22.2 Å². The van der Waals surface area contributed by atoms with E-state index in [1.165, 1.54) is 11.3 Å². The minimum atomic E-state index is -0.269. The summed E-state index contributed by atoms with van der Waals surface area (Å²) in [4.78, 5) is 11.9. The van der Waals surface area contributed by atoms with Crippen molar-refractivity contribution in [3.8, 4) is 0 Å². The van der Waals surface area contributed by atoms with E-state index in [9.17, 15) is 4.79 Å². The molecule has 0 aliphatic heterocycles. The Morgan fingerprint density at radius 2 is 2.53 bits per heavy atom. The Balaban J connectivity index is 2.53. The molecule has 1 aromatic heterocycles. The van der Waals surface area contributed by atoms with Gasteiger partial charge in [-0.25, -0.2) is 5.84 Å². The number of hydrazine groups is 1. The molecule has 0 fully saturated rings. The summed E-state index contributed by atoms with van der Waals surface area (Å²) >= 11 is 1.36. The molecule has 1 aromatic rings. The first-order chi connectivity index (χ1) is 7.29. The minimum absolute atomic E-state index is 0.269. The number of ether oxygens (including phenoxy) is 1. The van der Waals surface area contributed by atoms with E-state index >= 15 is 0 Å². The SMILES string of the molecule is CC=CCOCc1ccsc1C(=O)NN. The molecule has 1 heterocycles. The largest absolute Gasteiger partial charge is 0.373 e. The lowest BCUT2D eigenvalue weighted by Crippen LogP contribution is -2.30. The zero-order valence-corrected chi connectivity index (χ0v) is 9.34. The number of thiophene rings is 1. The van der Waals surface area contributed by atoms with E-state index in [0.717, 1.165) is 5.56 Å². The minimum Gasteiger partial charge on any atom is -0.373 e. The third-order valence-corrected chi connectivity index (χ3v) is 2.75. The summed E-state index contributed by atoms with van der Waals surface area (Å²) in [6.07, 6.45) is 3.83. The Hall–Kier alpha value is -1.17. The summed E-state index contributed by atoms with van der Waals surface area (Å²) < 4.78 is 5.35. The summed E-state index contributed by atoms with van der Waals surface area (Å²) in [6.45, 7) is 2.91. The van der Waals surface area contributed by atoms with Gasteiger partial charge in [0.1, 0.15) is 0 Å². The highest BCUT2D eigenvalue weighted by Gasteiger charge is 2.11. The van der Waals surface area contributed by atoms with Crippen LogP contribution in [0.15, 0.2) is 23.6 Å². The lowest BCUT2D eigenvalue weighted by Gasteiger charge is -2.02. The second-order valence-electron chi connectivity index (χ2n) is 2.83. The van der Waals surface area contributed by atoms with E-state index in [4.69, 9.17) is 10.6 Å². The van der Waals surface area contributed by atoms with E-state index in [-0.39, 0.29) is 5.91 Å². The van der Waals surface area contributed by atoms with Gasteiger partial charge < -0.3 is 4.74 Å². The van der Waals surface area contributed by atoms with E-state index in [0.29, 0.717) is 18.1 Å². The Labute approximate surface area is 92.7 Å². The maximum absolute atomic E-state index is 11.3. The molecule has 0 spiro atoms. The van der Waals surface area contributed by atoms with Crippen LogP contribution >= 0.6 is 11.3 Å². The standard InChI is InChI=1S/C10H14N2O2S/c1-2-3-5-14-7-8-4-6-15-9(8)10(13)12-11/h2-4,6H,5,7,11H2,1H3,(H,12,13). The van der Waals surface area contributed by atoms with Crippen molar-refractivity contribution in [3.05, 3.63) is 34.0 Å². The topological polar surface area (TPSA) is 64.3 Å². The van der Waals surface area contributed by atoms with Crippen LogP contribution in [0.3, 0.4) is 0 Å². The second kappa shape index (κ2) is 6.34. The molecule has 0 aliphatic carbocycles. The molecule has 15 heavy (non-hydrogen) atoms. The molecule has 1 amide bonds. The van der Waals surface area contributed by atoms with Crippen molar-refractivity contribution in [1.29, 1.82) is 0 Å². The molecule has 0 unspecified atom stereocenters. The third-order valence-electron chi connectivity index (χ3n) is 1.79. The number of nitrogens with one attached hydrogen (secondary N) is 1. The Morgan fingerprint density at radius 1 is 1.73 bits per heavy atom. The molecule has 5 heteroatoms. The maximum Gasteiger partial charge on any atom is 0.275 e. The number of hydrogen-bond donors (Lipinski definition) is 2. The van der Waals surface area contributed by atoms with Crippen LogP contribution in [-0.2, 0) is 11.3 Å². The fourth-order valence-corrected chi connectivity index (χ4v) is 1.86. The van der Waals surface area contributed by atoms with Crippen LogP contribution in [0.25, 0.3) is 0 Å². The Morgan fingerprint density at radius 3 is 3.20 bits per heavy atom. The van der Waals surface area contributed by atoms with Crippen LogP contribution in [-0.4, -0.2) is 12.5 Å². The van der Waals surface area contributed by atoms with Crippen molar-refractivity contribution in [2.45, 2.75) is 13.5 Å². The highest BCUT2D eigenvalue weighted by Crippen LogP contribution is 2.17. The second-order valence-corrected chi connectivity index (χ2v) is 3.75. The number of carbonyl (C=O) groups excluding carboxylic acids is 1. The predicted octanol–water partition coefficient (Wildman–Crippen LogP) is 1.44. The maximum atomic E-state index is 11.3. The zero-order chi connectivity index (χ0) is 11.1. The van der Waals surface area contributed by atoms with Crippen molar-refractivity contribution in [2.75, 3.05) is 6.61 Å². The Kier molecular flexibility index (Phi) is 5.03. The number of allylic oxidation sites excluding steroid dienone is 1. The molecule has 82 valence electrons. The number of carbonyl (C=O) groups is 1. The van der Waals surface area contributed by atoms with Crippen molar-refractivity contribution in [1.82, 2.24) is 5.43 Å². The molecule has 0 atom stereocenters. The molecule has 4 nitrogen and oxygen atoms in total. The number of nitrogens with two attached hydrogens (primary N) is 1. The van der Waals surface area contributed by atoms with Crippen molar-refractivity contribution in [3.63, 3.8) is 0 Å². The summed E-state index contributed by atoms with van der Waals surface area (Å²) in [7, 11) is 0. The molecular formula is C10H14N2O2S. The average molecular weight is 226 g/mol. The van der Waals surface area contributed by atoms with Crippen LogP contribution < -0.4 is 11.3 Å². The molecule has 1 rings (SSSR count). The van der Waals surface area contributed by atoms with Gasteiger partial charge in [-0.3, -0.25) is 10.2 Å². The lowest BCUT2D eigenvalue weighted by molar-refractivity contribution is 0.0951. The number of hydrogen-bond acceptors (Lipinski definition) is 4. The monoisotopic (exact) mass is 226 g/mol. The quantitative estimate of drug-likeness (QED) is 0.262. The number of amides is 1. The molecule has 0 aliphatic rings. The van der Waals surface area contributed by atoms with Gasteiger partial charge in [0.25, 0.3) is 5.91 Å². The molecule has 0 radical (unpaired) electrons. The first-order valence-corrected chi connectivity index (χ1v) is 5.43. The van der Waals surface area contributed by atoms with Gasteiger partial charge in [0.2, 0.25) is 0 Å². The normalized spacial score (nSPS) is 10.8. The summed E-state index contributed by atoms with van der Waals surface area (Å²) in [6, 6.07) is 1.87. The van der Waals surface area contributed by atoms with Gasteiger partial charge in [-0.1, -0.05) is 12.2 Å². The predicted molar refractivity (Wildman–Crippen MR) is 60.4 cm³/mol. The highest BCUT2D eigenvalue weighted by atomic mass is 32.1. The van der Waals surface area contributed by atoms with Gasteiger partial charge in [-0.05, 0) is 18.4 Å². The van der Waals surface area contributed by atoms with Gasteiger partial charge >= 0.3 is 0 Å². The first kappa shape index (κ1) is 11.9. The van der Waals surface area contributed by atoms with Gasteiger partial charge in [0, 0.05) is 5.56 Å². The van der Waals surface area contributed by atoms with Gasteiger partial charge in [-0.2, -0.15) is 0 Å². The summed E-state index contributed by atoms with van der Waals surface area (Å²) in [5.74, 6) is 4.79. The third kappa shape index (κ3) is 3.47.